The highest BCUT2D eigenvalue weighted by atomic mass is 16.3. The molecule has 0 aromatic heterocycles. The van der Waals surface area contributed by atoms with Gasteiger partial charge >= 0.3 is 0 Å². The Balaban J connectivity index is 1.84. The first-order valence-electron chi connectivity index (χ1n) is 7.43. The molecule has 3 nitrogen and oxygen atoms in total. The fourth-order valence-electron chi connectivity index (χ4n) is 2.76. The van der Waals surface area contributed by atoms with Gasteiger partial charge in [-0.15, -0.1) is 10.2 Å². The molecule has 0 bridgehead atoms. The van der Waals surface area contributed by atoms with Crippen LogP contribution in [0.4, 0.5) is 11.4 Å². The van der Waals surface area contributed by atoms with Crippen LogP contribution in [-0.4, -0.2) is 5.11 Å². The van der Waals surface area contributed by atoms with Crippen LogP contribution in [0.1, 0.15) is 0 Å². The van der Waals surface area contributed by atoms with Crippen molar-refractivity contribution >= 4 is 32.9 Å². The third-order valence-electron chi connectivity index (χ3n) is 3.91. The lowest BCUT2D eigenvalue weighted by Gasteiger charge is -2.04. The number of aromatic hydroxyl groups is 1. The topological polar surface area (TPSA) is 45.0 Å². The van der Waals surface area contributed by atoms with E-state index in [-0.39, 0.29) is 5.75 Å². The Morgan fingerprint density at radius 3 is 1.96 bits per heavy atom. The standard InChI is InChI=1S/C20H14N2O/c23-20-13-12-19(16-9-3-4-10-17(16)20)22-21-18-11-5-7-14-6-1-2-8-15(14)18/h1-13,23H/b22-21+. The van der Waals surface area contributed by atoms with E-state index in [0.29, 0.717) is 0 Å². The van der Waals surface area contributed by atoms with Crippen LogP contribution in [0.25, 0.3) is 21.5 Å². The highest BCUT2D eigenvalue weighted by Gasteiger charge is 2.04. The van der Waals surface area contributed by atoms with E-state index in [2.05, 4.69) is 22.4 Å². The molecule has 4 rings (SSSR count). The monoisotopic (exact) mass is 298 g/mol. The Bertz CT molecular complexity index is 1030. The molecular formula is C20H14N2O. The lowest BCUT2D eigenvalue weighted by molar-refractivity contribution is 0.481. The second-order valence-electron chi connectivity index (χ2n) is 5.35. The van der Waals surface area contributed by atoms with Crippen LogP contribution in [-0.2, 0) is 0 Å². The van der Waals surface area contributed by atoms with Gasteiger partial charge in [0.1, 0.15) is 5.75 Å². The SMILES string of the molecule is Oc1ccc(/N=N/c2cccc3ccccc23)c2ccccc12. The lowest BCUT2D eigenvalue weighted by Crippen LogP contribution is -1.75. The third-order valence-corrected chi connectivity index (χ3v) is 3.91. The maximum absolute atomic E-state index is 9.95. The first kappa shape index (κ1) is 13.5. The second kappa shape index (κ2) is 5.54. The highest BCUT2D eigenvalue weighted by molar-refractivity contribution is 5.96. The summed E-state index contributed by atoms with van der Waals surface area (Å²) in [5.41, 5.74) is 1.58. The van der Waals surface area contributed by atoms with Crippen LogP contribution >= 0.6 is 0 Å². The van der Waals surface area contributed by atoms with E-state index < -0.39 is 0 Å². The second-order valence-corrected chi connectivity index (χ2v) is 5.35. The highest BCUT2D eigenvalue weighted by Crippen LogP contribution is 2.34. The summed E-state index contributed by atoms with van der Waals surface area (Å²) in [6.45, 7) is 0. The van der Waals surface area contributed by atoms with Crippen LogP contribution in [0.2, 0.25) is 0 Å². The first-order chi connectivity index (χ1) is 11.3. The summed E-state index contributed by atoms with van der Waals surface area (Å²) in [5.74, 6) is 0.254. The largest absolute Gasteiger partial charge is 0.507 e. The number of benzene rings is 4. The molecule has 0 aliphatic heterocycles. The molecule has 0 spiro atoms. The molecule has 23 heavy (non-hydrogen) atoms. The molecule has 110 valence electrons. The molecule has 0 saturated carbocycles. The van der Waals surface area contributed by atoms with Crippen LogP contribution in [0, 0.1) is 0 Å². The van der Waals surface area contributed by atoms with Gasteiger partial charge in [-0.1, -0.05) is 60.7 Å². The van der Waals surface area contributed by atoms with Crippen molar-refractivity contribution in [2.75, 3.05) is 0 Å². The van der Waals surface area contributed by atoms with Crippen molar-refractivity contribution in [3.63, 3.8) is 0 Å². The van der Waals surface area contributed by atoms with Crippen LogP contribution in [0.15, 0.2) is 89.1 Å². The first-order valence-corrected chi connectivity index (χ1v) is 7.43. The van der Waals surface area contributed by atoms with E-state index in [1.165, 1.54) is 0 Å². The van der Waals surface area contributed by atoms with E-state index in [1.807, 2.05) is 54.6 Å². The van der Waals surface area contributed by atoms with Gasteiger partial charge in [-0.2, -0.15) is 0 Å². The van der Waals surface area contributed by atoms with Crippen molar-refractivity contribution in [1.82, 2.24) is 0 Å². The number of phenolic OH excluding ortho intramolecular Hbond substituents is 1. The Morgan fingerprint density at radius 2 is 1.13 bits per heavy atom. The van der Waals surface area contributed by atoms with Gasteiger partial charge in [-0.3, -0.25) is 0 Å². The Kier molecular flexibility index (Phi) is 3.24. The predicted octanol–water partition coefficient (Wildman–Crippen LogP) is 6.11. The molecule has 0 heterocycles. The van der Waals surface area contributed by atoms with Gasteiger partial charge < -0.3 is 5.11 Å². The Hall–Kier alpha value is -3.20. The van der Waals surface area contributed by atoms with Gasteiger partial charge in [0.05, 0.1) is 11.4 Å². The summed E-state index contributed by atoms with van der Waals surface area (Å²) in [7, 11) is 0. The number of nitrogens with zero attached hydrogens (tertiary/aromatic N) is 2. The van der Waals surface area contributed by atoms with E-state index in [4.69, 9.17) is 0 Å². The summed E-state index contributed by atoms with van der Waals surface area (Å²) < 4.78 is 0. The van der Waals surface area contributed by atoms with Gasteiger partial charge in [-0.05, 0) is 23.6 Å². The van der Waals surface area contributed by atoms with E-state index in [1.54, 1.807) is 12.1 Å². The molecule has 0 fully saturated rings. The molecule has 4 aromatic carbocycles. The van der Waals surface area contributed by atoms with Crippen LogP contribution in [0.5, 0.6) is 5.75 Å². The minimum Gasteiger partial charge on any atom is -0.507 e. The summed E-state index contributed by atoms with van der Waals surface area (Å²) in [6.07, 6.45) is 0. The van der Waals surface area contributed by atoms with Crippen LogP contribution in [0.3, 0.4) is 0 Å². The molecule has 0 radical (unpaired) electrons. The van der Waals surface area contributed by atoms with Crippen molar-refractivity contribution in [2.45, 2.75) is 0 Å². The van der Waals surface area contributed by atoms with Gasteiger partial charge in [-0.25, -0.2) is 0 Å². The average Bonchev–Trinajstić information content (AvgIpc) is 2.61. The number of phenols is 1. The molecular weight excluding hydrogens is 284 g/mol. The van der Waals surface area contributed by atoms with E-state index >= 15 is 0 Å². The van der Waals surface area contributed by atoms with Gasteiger partial charge in [0.15, 0.2) is 0 Å². The molecule has 4 aromatic rings. The third kappa shape index (κ3) is 2.42. The van der Waals surface area contributed by atoms with Crippen molar-refractivity contribution < 1.29 is 5.11 Å². The molecule has 0 aliphatic rings. The Labute approximate surface area is 133 Å². The number of hydrogen-bond acceptors (Lipinski definition) is 3. The molecule has 0 aliphatic carbocycles. The number of fused-ring (bicyclic) bond motifs is 2. The molecule has 0 amide bonds. The quantitative estimate of drug-likeness (QED) is 0.445. The molecule has 0 unspecified atom stereocenters. The number of rotatable bonds is 2. The zero-order valence-electron chi connectivity index (χ0n) is 12.3. The molecule has 0 atom stereocenters. The number of azo groups is 1. The Morgan fingerprint density at radius 1 is 0.522 bits per heavy atom. The zero-order valence-corrected chi connectivity index (χ0v) is 12.3. The van der Waals surface area contributed by atoms with Gasteiger partial charge in [0.2, 0.25) is 0 Å². The predicted molar refractivity (Wildman–Crippen MR) is 93.7 cm³/mol. The minimum atomic E-state index is 0.254. The van der Waals surface area contributed by atoms with Crippen molar-refractivity contribution in [3.05, 3.63) is 78.9 Å². The van der Waals surface area contributed by atoms with Crippen molar-refractivity contribution in [1.29, 1.82) is 0 Å². The zero-order chi connectivity index (χ0) is 15.6. The number of hydrogen-bond donors (Lipinski definition) is 1. The lowest BCUT2D eigenvalue weighted by atomic mass is 10.1. The van der Waals surface area contributed by atoms with Gasteiger partial charge in [0, 0.05) is 16.2 Å². The summed E-state index contributed by atoms with van der Waals surface area (Å²) in [5, 5.41) is 22.7. The maximum atomic E-state index is 9.95. The average molecular weight is 298 g/mol. The van der Waals surface area contributed by atoms with Gasteiger partial charge in [0.25, 0.3) is 0 Å². The summed E-state index contributed by atoms with van der Waals surface area (Å²) in [6, 6.07) is 25.2. The fraction of sp³-hybridized carbons (Fsp3) is 0. The van der Waals surface area contributed by atoms with E-state index in [9.17, 15) is 5.11 Å². The van der Waals surface area contributed by atoms with Crippen molar-refractivity contribution in [3.8, 4) is 5.75 Å². The summed E-state index contributed by atoms with van der Waals surface area (Å²) >= 11 is 0. The fourth-order valence-corrected chi connectivity index (χ4v) is 2.76. The van der Waals surface area contributed by atoms with Crippen molar-refractivity contribution in [2.24, 2.45) is 10.2 Å². The molecule has 3 heteroatoms. The maximum Gasteiger partial charge on any atom is 0.123 e. The van der Waals surface area contributed by atoms with Crippen LogP contribution < -0.4 is 0 Å². The normalized spacial score (nSPS) is 11.5. The minimum absolute atomic E-state index is 0.254. The smallest absolute Gasteiger partial charge is 0.123 e. The van der Waals surface area contributed by atoms with E-state index in [0.717, 1.165) is 32.9 Å². The molecule has 0 saturated heterocycles. The molecule has 1 N–H and O–H groups in total. The summed E-state index contributed by atoms with van der Waals surface area (Å²) in [4.78, 5) is 0.